The van der Waals surface area contributed by atoms with Gasteiger partial charge < -0.3 is 14.0 Å². The van der Waals surface area contributed by atoms with Crippen LogP contribution in [0.1, 0.15) is 47.7 Å². The Morgan fingerprint density at radius 1 is 1.02 bits per heavy atom. The zero-order valence-corrected chi connectivity index (χ0v) is 29.6. The minimum absolute atomic E-state index is 0.497. The maximum Gasteiger partial charge on any atom is 0.486 e. The van der Waals surface area contributed by atoms with Crippen molar-refractivity contribution in [2.75, 3.05) is 14.2 Å². The molecular weight excluding hydrogens is 639 g/mol. The average Bonchev–Trinajstić information content (AvgIpc) is 3.62. The molecule has 1 aromatic heterocycles. The Kier molecular flexibility index (Phi) is 9.51. The first-order chi connectivity index (χ1) is 24.5. The highest BCUT2D eigenvalue weighted by molar-refractivity contribution is 7.59. The van der Waals surface area contributed by atoms with Crippen molar-refractivity contribution in [3.63, 3.8) is 0 Å². The van der Waals surface area contributed by atoms with Crippen molar-refractivity contribution in [3.05, 3.63) is 161 Å². The van der Waals surface area contributed by atoms with E-state index in [9.17, 15) is 0 Å². The SMILES string of the molecule is C=C/C=C(\C=C/C)c1c2c(n(B(F)P)c1/N=C1\N=C(c3c(OC)ccc4ccccc34)C=C1c1ccccc1)C1=C(CC=C(OC)C=C1)CC2. The number of allylic oxidation sites excluding steroid dienone is 11. The number of hydrogen-bond acceptors (Lipinski definition) is 3. The highest BCUT2D eigenvalue weighted by Crippen LogP contribution is 2.47. The molecule has 0 amide bonds. The van der Waals surface area contributed by atoms with Crippen LogP contribution in [0.5, 0.6) is 5.75 Å². The molecule has 4 aromatic rings. The highest BCUT2D eigenvalue weighted by atomic mass is 31.0. The summed E-state index contributed by atoms with van der Waals surface area (Å²) in [7, 11) is 5.71. The van der Waals surface area contributed by atoms with Crippen LogP contribution in [-0.4, -0.2) is 37.1 Å². The van der Waals surface area contributed by atoms with Gasteiger partial charge >= 0.3 is 6.84 Å². The van der Waals surface area contributed by atoms with Crippen LogP contribution in [0.2, 0.25) is 0 Å². The Balaban J connectivity index is 1.54. The number of methoxy groups -OCH3 is 2. The lowest BCUT2D eigenvalue weighted by Gasteiger charge is -2.21. The molecule has 2 heterocycles. The average molecular weight is 678 g/mol. The van der Waals surface area contributed by atoms with E-state index in [0.29, 0.717) is 17.4 Å². The first kappa shape index (κ1) is 33.3. The van der Waals surface area contributed by atoms with Gasteiger partial charge in [-0.05, 0) is 89.6 Å². The Labute approximate surface area is 295 Å². The van der Waals surface area contributed by atoms with Gasteiger partial charge in [0.2, 0.25) is 0 Å². The summed E-state index contributed by atoms with van der Waals surface area (Å²) in [6, 6.07) is 22.3. The first-order valence-corrected chi connectivity index (χ1v) is 17.4. The van der Waals surface area contributed by atoms with Crippen LogP contribution in [0.4, 0.5) is 10.1 Å². The third-order valence-electron chi connectivity index (χ3n) is 9.38. The number of halogens is 1. The molecule has 8 heteroatoms. The largest absolute Gasteiger partial charge is 0.497 e. The van der Waals surface area contributed by atoms with Crippen molar-refractivity contribution in [1.29, 1.82) is 0 Å². The summed E-state index contributed by atoms with van der Waals surface area (Å²) >= 11 is 0. The summed E-state index contributed by atoms with van der Waals surface area (Å²) < 4.78 is 29.5. The predicted octanol–water partition coefficient (Wildman–Crippen LogP) is 10.3. The van der Waals surface area contributed by atoms with E-state index in [-0.39, 0.29) is 0 Å². The molecule has 1 unspecified atom stereocenters. The third-order valence-corrected chi connectivity index (χ3v) is 9.68. The maximum absolute atomic E-state index is 16.3. The highest BCUT2D eigenvalue weighted by Gasteiger charge is 2.34. The first-order valence-electron chi connectivity index (χ1n) is 16.8. The van der Waals surface area contributed by atoms with E-state index in [1.165, 1.54) is 5.57 Å². The summed E-state index contributed by atoms with van der Waals surface area (Å²) in [6.45, 7) is 4.53. The Bertz CT molecular complexity index is 2270. The lowest BCUT2D eigenvalue weighted by molar-refractivity contribution is 0.305. The molecule has 1 aliphatic heterocycles. The Morgan fingerprint density at radius 3 is 2.56 bits per heavy atom. The van der Waals surface area contributed by atoms with Gasteiger partial charge in [-0.3, -0.25) is 4.32 Å². The van der Waals surface area contributed by atoms with E-state index >= 15 is 4.32 Å². The van der Waals surface area contributed by atoms with Crippen LogP contribution in [0.15, 0.2) is 143 Å². The van der Waals surface area contributed by atoms with Crippen molar-refractivity contribution in [1.82, 2.24) is 4.48 Å². The smallest absolute Gasteiger partial charge is 0.486 e. The maximum atomic E-state index is 16.3. The number of amidine groups is 1. The number of rotatable bonds is 9. The molecule has 50 heavy (non-hydrogen) atoms. The fraction of sp³-hybridized carbons (Fsp3) is 0.143. The second kappa shape index (κ2) is 14.3. The third kappa shape index (κ3) is 5.97. The minimum atomic E-state index is -1.46. The summed E-state index contributed by atoms with van der Waals surface area (Å²) in [6.07, 6.45) is 18.3. The molecule has 3 aromatic carbocycles. The van der Waals surface area contributed by atoms with Crippen molar-refractivity contribution in [2.45, 2.75) is 26.2 Å². The van der Waals surface area contributed by atoms with E-state index in [1.807, 2.05) is 67.6 Å². The summed E-state index contributed by atoms with van der Waals surface area (Å²) in [5.41, 5.74) is 9.31. The fourth-order valence-corrected chi connectivity index (χ4v) is 7.47. The molecule has 1 atom stereocenters. The fourth-order valence-electron chi connectivity index (χ4n) is 7.18. The lowest BCUT2D eigenvalue weighted by atomic mass is 9.85. The zero-order chi connectivity index (χ0) is 34.8. The Morgan fingerprint density at radius 2 is 1.82 bits per heavy atom. The number of hydrogen-bond donors (Lipinski definition) is 0. The van der Waals surface area contributed by atoms with Gasteiger partial charge in [0.25, 0.3) is 0 Å². The van der Waals surface area contributed by atoms with Crippen LogP contribution >= 0.6 is 9.12 Å². The van der Waals surface area contributed by atoms with E-state index in [4.69, 9.17) is 19.5 Å². The molecule has 0 saturated heterocycles. The molecule has 7 rings (SSSR count). The van der Waals surface area contributed by atoms with E-state index < -0.39 is 6.84 Å². The summed E-state index contributed by atoms with van der Waals surface area (Å²) in [4.78, 5) is 10.6. The van der Waals surface area contributed by atoms with Gasteiger partial charge in [0.15, 0.2) is 5.84 Å². The Hall–Kier alpha value is -5.26. The quantitative estimate of drug-likeness (QED) is 0.101. The monoisotopic (exact) mass is 677 g/mol. The number of fused-ring (bicyclic) bond motifs is 3. The van der Waals surface area contributed by atoms with Crippen LogP contribution in [0, 0.1) is 0 Å². The van der Waals surface area contributed by atoms with E-state index in [2.05, 4.69) is 64.3 Å². The number of ether oxygens (including phenoxy) is 2. The number of aliphatic imine (C=N–C) groups is 2. The van der Waals surface area contributed by atoms with E-state index in [0.717, 1.165) is 86.2 Å². The van der Waals surface area contributed by atoms with Crippen LogP contribution < -0.4 is 4.74 Å². The number of nitrogens with zero attached hydrogens (tertiary/aromatic N) is 3. The van der Waals surface area contributed by atoms with Gasteiger partial charge in [-0.2, -0.15) is 0 Å². The van der Waals surface area contributed by atoms with E-state index in [1.54, 1.807) is 24.8 Å². The topological polar surface area (TPSA) is 48.1 Å². The van der Waals surface area contributed by atoms with Gasteiger partial charge in [-0.15, -0.1) is 9.12 Å². The summed E-state index contributed by atoms with van der Waals surface area (Å²) in [5.74, 6) is 2.50. The molecule has 0 radical (unpaired) electrons. The van der Waals surface area contributed by atoms with Gasteiger partial charge in [0.05, 0.1) is 25.5 Å². The number of benzene rings is 3. The molecular formula is C42H38BFN3O2P. The van der Waals surface area contributed by atoms with Crippen molar-refractivity contribution < 1.29 is 13.8 Å². The molecule has 0 N–H and O–H groups in total. The molecule has 0 saturated carbocycles. The lowest BCUT2D eigenvalue weighted by Crippen LogP contribution is -2.16. The molecule has 5 nitrogen and oxygen atoms in total. The zero-order valence-electron chi connectivity index (χ0n) is 28.5. The van der Waals surface area contributed by atoms with Crippen molar-refractivity contribution in [3.8, 4) is 5.75 Å². The molecule has 2 aliphatic carbocycles. The van der Waals surface area contributed by atoms with Gasteiger partial charge in [-0.1, -0.05) is 97.1 Å². The minimum Gasteiger partial charge on any atom is -0.497 e. The molecule has 248 valence electrons. The van der Waals surface area contributed by atoms with Crippen LogP contribution in [0.3, 0.4) is 0 Å². The normalized spacial score (nSPS) is 16.6. The van der Waals surface area contributed by atoms with Crippen LogP contribution in [-0.2, 0) is 11.2 Å². The van der Waals surface area contributed by atoms with Gasteiger partial charge in [-0.25, -0.2) is 9.98 Å². The van der Waals surface area contributed by atoms with Gasteiger partial charge in [0.1, 0.15) is 17.3 Å². The molecule has 0 bridgehead atoms. The second-order valence-electron chi connectivity index (χ2n) is 12.2. The summed E-state index contributed by atoms with van der Waals surface area (Å²) in [5, 5.41) is 2.10. The van der Waals surface area contributed by atoms with Crippen LogP contribution in [0.25, 0.3) is 27.5 Å². The molecule has 3 aliphatic rings. The standard InChI is InChI=1S/C42H38BFN3O2P/c1-5-12-30(13-6-2)38-34-23-19-29-18-21-31(48-3)22-24-33(29)40(34)47(43(44)50)42(38)46-41-35(27-14-8-7-9-15-27)26-36(45-41)39-32-17-11-10-16-28(32)20-25-37(39)49-4/h5-17,20-22,24-26H,1,18-19,23,50H2,2-4H3/b13-6-,30-12+,46-41-. The number of aromatic nitrogens is 1. The van der Waals surface area contributed by atoms with Crippen molar-refractivity contribution in [2.24, 2.45) is 9.98 Å². The molecule has 0 spiro atoms. The second-order valence-corrected chi connectivity index (χ2v) is 12.8. The van der Waals surface area contributed by atoms with Gasteiger partial charge in [0, 0.05) is 16.8 Å². The molecule has 0 fully saturated rings. The van der Waals surface area contributed by atoms with Crippen molar-refractivity contribution >= 4 is 60.8 Å². The predicted molar refractivity (Wildman–Crippen MR) is 212 cm³/mol.